The van der Waals surface area contributed by atoms with E-state index in [0.717, 1.165) is 0 Å². The van der Waals surface area contributed by atoms with Crippen LogP contribution in [0, 0.1) is 0 Å². The zero-order valence-corrected chi connectivity index (χ0v) is 12.0. The smallest absolute Gasteiger partial charge is 0.162 e. The van der Waals surface area contributed by atoms with E-state index >= 15 is 0 Å². The van der Waals surface area contributed by atoms with Crippen molar-refractivity contribution in [2.75, 3.05) is 27.4 Å². The van der Waals surface area contributed by atoms with Crippen molar-refractivity contribution >= 4 is 0 Å². The molecule has 0 aromatic rings. The number of rotatable bonds is 6. The first-order chi connectivity index (χ1) is 7.24. The molecule has 0 unspecified atom stereocenters. The lowest BCUT2D eigenvalue weighted by atomic mass is 10.4. The minimum Gasteiger partial charge on any atom is -0.354 e. The van der Waals surface area contributed by atoms with Crippen LogP contribution < -0.4 is 0 Å². The molecule has 4 heteroatoms. The van der Waals surface area contributed by atoms with E-state index in [2.05, 4.69) is 0 Å². The summed E-state index contributed by atoms with van der Waals surface area (Å²) in [5.41, 5.74) is 0. The molecule has 16 heavy (non-hydrogen) atoms. The summed E-state index contributed by atoms with van der Waals surface area (Å²) < 4.78 is 20.2. The average molecular weight is 236 g/mol. The van der Waals surface area contributed by atoms with Gasteiger partial charge in [0, 0.05) is 27.4 Å². The van der Waals surface area contributed by atoms with Gasteiger partial charge in [0.05, 0.1) is 0 Å². The van der Waals surface area contributed by atoms with E-state index in [1.807, 2.05) is 41.5 Å². The summed E-state index contributed by atoms with van der Waals surface area (Å²) in [4.78, 5) is 0. The second kappa shape index (κ2) is 8.93. The topological polar surface area (TPSA) is 36.9 Å². The molecule has 0 aromatic carbocycles. The van der Waals surface area contributed by atoms with Crippen LogP contribution in [0.5, 0.6) is 0 Å². The lowest BCUT2D eigenvalue weighted by Crippen LogP contribution is -2.28. The Balaban J connectivity index is 0. The molecule has 0 spiro atoms. The molecule has 4 nitrogen and oxygen atoms in total. The zero-order chi connectivity index (χ0) is 13.2. The summed E-state index contributed by atoms with van der Waals surface area (Å²) >= 11 is 0. The van der Waals surface area contributed by atoms with Gasteiger partial charge in [0.25, 0.3) is 0 Å². The molecule has 0 fully saturated rings. The monoisotopic (exact) mass is 236 g/mol. The van der Waals surface area contributed by atoms with E-state index in [1.165, 1.54) is 0 Å². The Morgan fingerprint density at radius 1 is 0.688 bits per heavy atom. The normalized spacial score (nSPS) is 12.0. The number of hydrogen-bond acceptors (Lipinski definition) is 4. The molecule has 0 rings (SSSR count). The summed E-state index contributed by atoms with van der Waals surface area (Å²) in [5.74, 6) is -0.816. The van der Waals surface area contributed by atoms with Gasteiger partial charge in [-0.15, -0.1) is 0 Å². The Morgan fingerprint density at radius 3 is 1.12 bits per heavy atom. The molecule has 0 N–H and O–H groups in total. The Labute approximate surface area is 100 Å². The summed E-state index contributed by atoms with van der Waals surface area (Å²) in [6.07, 6.45) is 0. The Morgan fingerprint density at radius 2 is 1.00 bits per heavy atom. The van der Waals surface area contributed by atoms with Crippen molar-refractivity contribution in [3.63, 3.8) is 0 Å². The van der Waals surface area contributed by atoms with Crippen molar-refractivity contribution in [2.24, 2.45) is 0 Å². The maximum absolute atomic E-state index is 5.25. The molecule has 100 valence electrons. The fraction of sp³-hybridized carbons (Fsp3) is 1.00. The van der Waals surface area contributed by atoms with Crippen LogP contribution in [-0.4, -0.2) is 39.0 Å². The van der Waals surface area contributed by atoms with Gasteiger partial charge in [-0.3, -0.25) is 0 Å². The fourth-order valence-electron chi connectivity index (χ4n) is 0.820. The fourth-order valence-corrected chi connectivity index (χ4v) is 0.820. The second-order valence-electron chi connectivity index (χ2n) is 4.07. The van der Waals surface area contributed by atoms with E-state index in [9.17, 15) is 0 Å². The molecule has 0 amide bonds. The van der Waals surface area contributed by atoms with Crippen LogP contribution in [0.4, 0.5) is 0 Å². The molecule has 0 atom stereocenters. The lowest BCUT2D eigenvalue weighted by molar-refractivity contribution is -0.207. The summed E-state index contributed by atoms with van der Waals surface area (Å²) in [6.45, 7) is 12.9. The highest BCUT2D eigenvalue weighted by atomic mass is 16.7. The molecule has 0 aliphatic heterocycles. The van der Waals surface area contributed by atoms with Crippen molar-refractivity contribution in [2.45, 2.75) is 53.1 Å². The van der Waals surface area contributed by atoms with E-state index in [1.54, 1.807) is 14.2 Å². The van der Waals surface area contributed by atoms with Crippen LogP contribution in [0.25, 0.3) is 0 Å². The van der Waals surface area contributed by atoms with Gasteiger partial charge in [-0.05, 0) is 41.5 Å². The van der Waals surface area contributed by atoms with Crippen molar-refractivity contribution < 1.29 is 18.9 Å². The van der Waals surface area contributed by atoms with Gasteiger partial charge in [-0.1, -0.05) is 0 Å². The minimum atomic E-state index is -0.417. The van der Waals surface area contributed by atoms with Crippen molar-refractivity contribution in [1.29, 1.82) is 0 Å². The molecule has 0 radical (unpaired) electrons. The van der Waals surface area contributed by atoms with Gasteiger partial charge in [-0.25, -0.2) is 0 Å². The van der Waals surface area contributed by atoms with Crippen LogP contribution in [0.3, 0.4) is 0 Å². The van der Waals surface area contributed by atoms with Crippen molar-refractivity contribution in [1.82, 2.24) is 0 Å². The van der Waals surface area contributed by atoms with Crippen molar-refractivity contribution in [3.05, 3.63) is 0 Å². The summed E-state index contributed by atoms with van der Waals surface area (Å²) in [5, 5.41) is 0. The molecule has 0 aliphatic carbocycles. The van der Waals surface area contributed by atoms with Crippen LogP contribution in [0.2, 0.25) is 0 Å². The highest BCUT2D eigenvalue weighted by molar-refractivity contribution is 4.50. The third-order valence-electron chi connectivity index (χ3n) is 1.97. The van der Waals surface area contributed by atoms with Gasteiger partial charge >= 0.3 is 0 Å². The molecule has 0 bridgehead atoms. The standard InChI is InChI=1S/C7H16O2.C5H12O2/c1-5-8-7(3,4)9-6-2;1-5(2,6-3)7-4/h5-6H2,1-4H3;1-4H3. The van der Waals surface area contributed by atoms with Gasteiger partial charge in [-0.2, -0.15) is 0 Å². The predicted octanol–water partition coefficient (Wildman–Crippen LogP) is 2.81. The molecule has 0 aliphatic rings. The van der Waals surface area contributed by atoms with Crippen LogP contribution in [0.1, 0.15) is 41.5 Å². The molecule has 0 saturated heterocycles. The summed E-state index contributed by atoms with van der Waals surface area (Å²) in [7, 11) is 3.23. The quantitative estimate of drug-likeness (QED) is 0.665. The van der Waals surface area contributed by atoms with Gasteiger partial charge in [0.2, 0.25) is 0 Å². The Bertz CT molecular complexity index is 141. The van der Waals surface area contributed by atoms with Crippen LogP contribution >= 0.6 is 0 Å². The summed E-state index contributed by atoms with van der Waals surface area (Å²) in [6, 6.07) is 0. The first-order valence-corrected chi connectivity index (χ1v) is 5.62. The first-order valence-electron chi connectivity index (χ1n) is 5.62. The maximum atomic E-state index is 5.25. The highest BCUT2D eigenvalue weighted by Crippen LogP contribution is 2.09. The van der Waals surface area contributed by atoms with E-state index in [4.69, 9.17) is 18.9 Å². The second-order valence-corrected chi connectivity index (χ2v) is 4.07. The predicted molar refractivity (Wildman–Crippen MR) is 65.4 cm³/mol. The van der Waals surface area contributed by atoms with Crippen molar-refractivity contribution in [3.8, 4) is 0 Å². The van der Waals surface area contributed by atoms with Gasteiger partial charge in [0.15, 0.2) is 11.6 Å². The molecule has 0 aromatic heterocycles. The zero-order valence-electron chi connectivity index (χ0n) is 12.0. The molecular weight excluding hydrogens is 208 g/mol. The lowest BCUT2D eigenvalue weighted by Gasteiger charge is -2.23. The van der Waals surface area contributed by atoms with Crippen LogP contribution in [-0.2, 0) is 18.9 Å². The minimum absolute atomic E-state index is 0.399. The van der Waals surface area contributed by atoms with E-state index in [0.29, 0.717) is 13.2 Å². The average Bonchev–Trinajstić information content (AvgIpc) is 2.18. The van der Waals surface area contributed by atoms with E-state index in [-0.39, 0.29) is 0 Å². The first kappa shape index (κ1) is 18.2. The third-order valence-corrected chi connectivity index (χ3v) is 1.97. The SMILES string of the molecule is CCOC(C)(C)OCC.COC(C)(C)OC. The Hall–Kier alpha value is -0.160. The molecular formula is C12H28O4. The molecule has 0 saturated carbocycles. The highest BCUT2D eigenvalue weighted by Gasteiger charge is 2.15. The van der Waals surface area contributed by atoms with Gasteiger partial charge in [0.1, 0.15) is 0 Å². The maximum Gasteiger partial charge on any atom is 0.162 e. The van der Waals surface area contributed by atoms with Gasteiger partial charge < -0.3 is 18.9 Å². The number of hydrogen-bond donors (Lipinski definition) is 0. The van der Waals surface area contributed by atoms with Crippen LogP contribution in [0.15, 0.2) is 0 Å². The molecule has 0 heterocycles. The Kier molecular flexibility index (Phi) is 10.2. The number of methoxy groups -OCH3 is 2. The number of ether oxygens (including phenoxy) is 4. The largest absolute Gasteiger partial charge is 0.354 e. The van der Waals surface area contributed by atoms with E-state index < -0.39 is 11.6 Å². The third kappa shape index (κ3) is 11.9.